The van der Waals surface area contributed by atoms with Crippen LogP contribution in [-0.4, -0.2) is 36.0 Å². The van der Waals surface area contributed by atoms with E-state index in [9.17, 15) is 12.8 Å². The standard InChI is InChI=1S/C22H24FN3O3S/c1-14-11-15(2)20(16(3)12-14)30(27,28)26-10-4-5-18(13-26)22-25-24-21(29-22)17-6-8-19(23)9-7-17/h6-9,11-12,18H,4-5,10,13H2,1-3H3. The number of nitrogens with zero attached hydrogens (tertiary/aromatic N) is 3. The highest BCUT2D eigenvalue weighted by Crippen LogP contribution is 2.33. The molecule has 0 spiro atoms. The van der Waals surface area contributed by atoms with Crippen LogP contribution in [0.25, 0.3) is 11.5 Å². The lowest BCUT2D eigenvalue weighted by molar-refractivity contribution is 0.286. The molecule has 0 aliphatic carbocycles. The molecule has 0 bridgehead atoms. The molecule has 0 radical (unpaired) electrons. The molecular weight excluding hydrogens is 405 g/mol. The van der Waals surface area contributed by atoms with Crippen molar-refractivity contribution in [2.45, 2.75) is 44.4 Å². The molecule has 0 amide bonds. The summed E-state index contributed by atoms with van der Waals surface area (Å²) in [6.07, 6.45) is 1.48. The first kappa shape index (κ1) is 20.7. The van der Waals surface area contributed by atoms with Gasteiger partial charge in [0.05, 0.1) is 10.8 Å². The van der Waals surface area contributed by atoms with Crippen LogP contribution in [0.1, 0.15) is 41.3 Å². The van der Waals surface area contributed by atoms with Gasteiger partial charge >= 0.3 is 0 Å². The zero-order chi connectivity index (χ0) is 21.5. The molecule has 1 unspecified atom stereocenters. The molecule has 8 heteroatoms. The molecule has 1 aromatic heterocycles. The van der Waals surface area contributed by atoms with Crippen LogP contribution >= 0.6 is 0 Å². The normalized spacial score (nSPS) is 17.9. The summed E-state index contributed by atoms with van der Waals surface area (Å²) in [6.45, 7) is 6.38. The van der Waals surface area contributed by atoms with Gasteiger partial charge in [0.1, 0.15) is 5.82 Å². The molecule has 3 aromatic rings. The van der Waals surface area contributed by atoms with E-state index in [4.69, 9.17) is 4.42 Å². The minimum absolute atomic E-state index is 0.179. The van der Waals surface area contributed by atoms with Crippen LogP contribution in [0, 0.1) is 26.6 Å². The molecule has 30 heavy (non-hydrogen) atoms. The second kappa shape index (κ2) is 7.92. The number of sulfonamides is 1. The highest BCUT2D eigenvalue weighted by molar-refractivity contribution is 7.89. The number of benzene rings is 2. The van der Waals surface area contributed by atoms with Crippen molar-refractivity contribution >= 4 is 10.0 Å². The highest BCUT2D eigenvalue weighted by atomic mass is 32.2. The van der Waals surface area contributed by atoms with E-state index in [2.05, 4.69) is 10.2 Å². The molecule has 1 aliphatic heterocycles. The molecule has 0 saturated carbocycles. The third kappa shape index (κ3) is 3.89. The van der Waals surface area contributed by atoms with E-state index in [1.807, 2.05) is 32.9 Å². The van der Waals surface area contributed by atoms with E-state index in [1.165, 1.54) is 16.4 Å². The number of rotatable bonds is 4. The van der Waals surface area contributed by atoms with Gasteiger partial charge in [-0.15, -0.1) is 10.2 Å². The molecule has 6 nitrogen and oxygen atoms in total. The van der Waals surface area contributed by atoms with Gasteiger partial charge in [0.2, 0.25) is 21.8 Å². The molecule has 2 heterocycles. The van der Waals surface area contributed by atoms with Crippen molar-refractivity contribution in [2.24, 2.45) is 0 Å². The van der Waals surface area contributed by atoms with Gasteiger partial charge in [-0.3, -0.25) is 0 Å². The monoisotopic (exact) mass is 429 g/mol. The molecule has 1 aliphatic rings. The maximum atomic E-state index is 13.4. The summed E-state index contributed by atoms with van der Waals surface area (Å²) in [7, 11) is -3.63. The smallest absolute Gasteiger partial charge is 0.247 e. The summed E-state index contributed by atoms with van der Waals surface area (Å²) in [5, 5.41) is 8.21. The number of halogens is 1. The Morgan fingerprint density at radius 3 is 2.40 bits per heavy atom. The summed E-state index contributed by atoms with van der Waals surface area (Å²) in [5.74, 6) is 0.191. The van der Waals surface area contributed by atoms with E-state index in [-0.39, 0.29) is 11.7 Å². The minimum Gasteiger partial charge on any atom is -0.420 e. The zero-order valence-corrected chi connectivity index (χ0v) is 18.0. The maximum absolute atomic E-state index is 13.4. The van der Waals surface area contributed by atoms with E-state index in [0.29, 0.717) is 41.8 Å². The number of aryl methyl sites for hydroxylation is 3. The van der Waals surface area contributed by atoms with Gasteiger partial charge < -0.3 is 4.42 Å². The Labute approximate surface area is 175 Å². The van der Waals surface area contributed by atoms with Crippen molar-refractivity contribution in [3.05, 3.63) is 64.8 Å². The van der Waals surface area contributed by atoms with E-state index >= 15 is 0 Å². The Morgan fingerprint density at radius 2 is 1.73 bits per heavy atom. The predicted octanol–water partition coefficient (Wildman–Crippen LogP) is 4.37. The summed E-state index contributed by atoms with van der Waals surface area (Å²) in [4.78, 5) is 0.381. The van der Waals surface area contributed by atoms with Crippen LogP contribution in [-0.2, 0) is 10.0 Å². The van der Waals surface area contributed by atoms with E-state index in [0.717, 1.165) is 23.1 Å². The van der Waals surface area contributed by atoms with Gasteiger partial charge in [-0.25, -0.2) is 12.8 Å². The average molecular weight is 430 g/mol. The quantitative estimate of drug-likeness (QED) is 0.616. The van der Waals surface area contributed by atoms with Gasteiger partial charge in [0.15, 0.2) is 0 Å². The third-order valence-electron chi connectivity index (χ3n) is 5.47. The van der Waals surface area contributed by atoms with Gasteiger partial charge in [-0.1, -0.05) is 17.7 Å². The van der Waals surface area contributed by atoms with Crippen molar-refractivity contribution in [2.75, 3.05) is 13.1 Å². The average Bonchev–Trinajstić information content (AvgIpc) is 3.18. The molecule has 4 rings (SSSR count). The summed E-state index contributed by atoms with van der Waals surface area (Å²) in [5.41, 5.74) is 3.18. The summed E-state index contributed by atoms with van der Waals surface area (Å²) >= 11 is 0. The number of aromatic nitrogens is 2. The largest absolute Gasteiger partial charge is 0.420 e. The number of piperidine rings is 1. The predicted molar refractivity (Wildman–Crippen MR) is 111 cm³/mol. The fourth-order valence-corrected chi connectivity index (χ4v) is 6.11. The van der Waals surface area contributed by atoms with Crippen LogP contribution in [0.2, 0.25) is 0 Å². The Bertz CT molecular complexity index is 1150. The molecule has 0 N–H and O–H groups in total. The van der Waals surface area contributed by atoms with Crippen molar-refractivity contribution in [1.82, 2.24) is 14.5 Å². The fraction of sp³-hybridized carbons (Fsp3) is 0.364. The van der Waals surface area contributed by atoms with Crippen LogP contribution in [0.4, 0.5) is 4.39 Å². The first-order valence-electron chi connectivity index (χ1n) is 9.93. The third-order valence-corrected chi connectivity index (χ3v) is 7.64. The van der Waals surface area contributed by atoms with Gasteiger partial charge in [0.25, 0.3) is 0 Å². The highest BCUT2D eigenvalue weighted by Gasteiger charge is 2.34. The molecule has 1 atom stereocenters. The van der Waals surface area contributed by atoms with Crippen molar-refractivity contribution < 1.29 is 17.2 Å². The zero-order valence-electron chi connectivity index (χ0n) is 17.2. The Kier molecular flexibility index (Phi) is 5.46. The van der Waals surface area contributed by atoms with Crippen LogP contribution in [0.3, 0.4) is 0 Å². The lowest BCUT2D eigenvalue weighted by Crippen LogP contribution is -2.39. The topological polar surface area (TPSA) is 76.3 Å². The first-order chi connectivity index (χ1) is 14.3. The van der Waals surface area contributed by atoms with Crippen molar-refractivity contribution in [1.29, 1.82) is 0 Å². The molecule has 158 valence electrons. The molecule has 1 saturated heterocycles. The Hall–Kier alpha value is -2.58. The van der Waals surface area contributed by atoms with Gasteiger partial charge in [-0.2, -0.15) is 4.31 Å². The van der Waals surface area contributed by atoms with Crippen molar-refractivity contribution in [3.63, 3.8) is 0 Å². The second-order valence-corrected chi connectivity index (χ2v) is 9.76. The van der Waals surface area contributed by atoms with Crippen LogP contribution in [0.5, 0.6) is 0 Å². The second-order valence-electron chi connectivity index (χ2n) is 7.88. The Balaban J connectivity index is 1.59. The van der Waals surface area contributed by atoms with E-state index < -0.39 is 10.0 Å². The maximum Gasteiger partial charge on any atom is 0.247 e. The van der Waals surface area contributed by atoms with Gasteiger partial charge in [0, 0.05) is 18.7 Å². The SMILES string of the molecule is Cc1cc(C)c(S(=O)(=O)N2CCCC(c3nnc(-c4ccc(F)cc4)o3)C2)c(C)c1. The minimum atomic E-state index is -3.63. The number of hydrogen-bond donors (Lipinski definition) is 0. The van der Waals surface area contributed by atoms with Crippen LogP contribution in [0.15, 0.2) is 45.7 Å². The number of hydrogen-bond acceptors (Lipinski definition) is 5. The van der Waals surface area contributed by atoms with Crippen molar-refractivity contribution in [3.8, 4) is 11.5 Å². The molecule has 1 fully saturated rings. The lowest BCUT2D eigenvalue weighted by Gasteiger charge is -2.31. The lowest BCUT2D eigenvalue weighted by atomic mass is 10.00. The fourth-order valence-electron chi connectivity index (χ4n) is 4.17. The summed E-state index contributed by atoms with van der Waals surface area (Å²) in [6, 6.07) is 9.61. The van der Waals surface area contributed by atoms with Gasteiger partial charge in [-0.05, 0) is 69.0 Å². The molecular formula is C22H24FN3O3S. The summed E-state index contributed by atoms with van der Waals surface area (Å²) < 4.78 is 47.3. The van der Waals surface area contributed by atoms with E-state index in [1.54, 1.807) is 12.1 Å². The van der Waals surface area contributed by atoms with Crippen LogP contribution < -0.4 is 0 Å². The Morgan fingerprint density at radius 1 is 1.07 bits per heavy atom. The molecule has 2 aromatic carbocycles. The first-order valence-corrected chi connectivity index (χ1v) is 11.4.